The van der Waals surface area contributed by atoms with E-state index in [1.807, 2.05) is 29.3 Å². The van der Waals surface area contributed by atoms with Crippen LogP contribution in [-0.4, -0.2) is 57.4 Å². The summed E-state index contributed by atoms with van der Waals surface area (Å²) in [6, 6.07) is 5.90. The first kappa shape index (κ1) is 22.5. The Hall–Kier alpha value is -3.16. The predicted molar refractivity (Wildman–Crippen MR) is 113 cm³/mol. The van der Waals surface area contributed by atoms with E-state index < -0.39 is 29.7 Å². The number of hydrogen-bond acceptors (Lipinski definition) is 4. The Morgan fingerprint density at radius 2 is 2.00 bits per heavy atom. The monoisotopic (exact) mass is 429 g/mol. The summed E-state index contributed by atoms with van der Waals surface area (Å²) in [7, 11) is 0. The van der Waals surface area contributed by atoms with Crippen LogP contribution in [0.1, 0.15) is 44.6 Å². The van der Waals surface area contributed by atoms with Crippen molar-refractivity contribution in [2.75, 3.05) is 19.6 Å². The lowest BCUT2D eigenvalue weighted by Gasteiger charge is -2.49. The van der Waals surface area contributed by atoms with Crippen molar-refractivity contribution in [3.63, 3.8) is 0 Å². The number of carbonyl (C=O) groups excluding carboxylic acids is 2. The normalized spacial score (nSPS) is 18.1. The summed E-state index contributed by atoms with van der Waals surface area (Å²) in [6.45, 7) is 2.59. The smallest absolute Gasteiger partial charge is 0.306 e. The molecule has 1 aromatic rings. The number of hydrogen-bond donors (Lipinski definition) is 1. The highest BCUT2D eigenvalue weighted by molar-refractivity contribution is 5.83. The molecule has 31 heavy (non-hydrogen) atoms. The van der Waals surface area contributed by atoms with Gasteiger partial charge in [-0.3, -0.25) is 19.4 Å². The van der Waals surface area contributed by atoms with Crippen molar-refractivity contribution >= 4 is 17.8 Å². The van der Waals surface area contributed by atoms with Crippen molar-refractivity contribution in [1.82, 2.24) is 14.9 Å². The Morgan fingerprint density at radius 1 is 1.23 bits per heavy atom. The molecule has 1 aromatic carbocycles. The Labute approximate surface area is 181 Å². The highest BCUT2D eigenvalue weighted by atomic mass is 19.1. The fraction of sp³-hybridized carbons (Fsp3) is 0.435. The average Bonchev–Trinajstić information content (AvgIpc) is 2.74. The van der Waals surface area contributed by atoms with Crippen LogP contribution in [0.4, 0.5) is 4.39 Å². The summed E-state index contributed by atoms with van der Waals surface area (Å²) in [5, 5.41) is 12.4. The van der Waals surface area contributed by atoms with E-state index in [4.69, 9.17) is 0 Å². The number of halogens is 1. The van der Waals surface area contributed by atoms with Gasteiger partial charge in [-0.15, -0.1) is 0 Å². The van der Waals surface area contributed by atoms with Gasteiger partial charge in [-0.25, -0.2) is 9.40 Å². The molecule has 0 radical (unpaired) electrons. The van der Waals surface area contributed by atoms with Crippen molar-refractivity contribution in [2.45, 2.75) is 44.6 Å². The highest BCUT2D eigenvalue weighted by Gasteiger charge is 2.48. The summed E-state index contributed by atoms with van der Waals surface area (Å²) in [4.78, 5) is 39.7. The van der Waals surface area contributed by atoms with E-state index in [2.05, 4.69) is 0 Å². The summed E-state index contributed by atoms with van der Waals surface area (Å²) in [5.41, 5.74) is -1.45. The summed E-state index contributed by atoms with van der Waals surface area (Å²) in [5.74, 6) is -2.52. The SMILES string of the molecule is CC(=O)N(N1CCCCC1=O)C(CCN1C=CC=CC1)(CC(=O)O)c1ccccc1F. The Morgan fingerprint density at radius 3 is 2.61 bits per heavy atom. The van der Waals surface area contributed by atoms with Gasteiger partial charge < -0.3 is 10.0 Å². The van der Waals surface area contributed by atoms with Gasteiger partial charge >= 0.3 is 5.97 Å². The topological polar surface area (TPSA) is 81.2 Å². The van der Waals surface area contributed by atoms with Crippen LogP contribution in [0.3, 0.4) is 0 Å². The molecule has 8 heteroatoms. The molecule has 3 rings (SSSR count). The fourth-order valence-corrected chi connectivity index (χ4v) is 4.41. The molecule has 0 bridgehead atoms. The van der Waals surface area contributed by atoms with E-state index >= 15 is 4.39 Å². The van der Waals surface area contributed by atoms with Crippen molar-refractivity contribution < 1.29 is 23.9 Å². The number of piperidine rings is 1. The number of hydrazine groups is 1. The fourth-order valence-electron chi connectivity index (χ4n) is 4.41. The zero-order valence-corrected chi connectivity index (χ0v) is 17.7. The average molecular weight is 429 g/mol. The predicted octanol–water partition coefficient (Wildman–Crippen LogP) is 3.05. The molecule has 166 valence electrons. The van der Waals surface area contributed by atoms with Gasteiger partial charge in [0, 0.05) is 38.5 Å². The van der Waals surface area contributed by atoms with Gasteiger partial charge in [0.15, 0.2) is 0 Å². The van der Waals surface area contributed by atoms with Gasteiger partial charge in [-0.1, -0.05) is 30.4 Å². The van der Waals surface area contributed by atoms with Crippen LogP contribution < -0.4 is 0 Å². The van der Waals surface area contributed by atoms with E-state index in [0.717, 1.165) is 0 Å². The van der Waals surface area contributed by atoms with Crippen LogP contribution >= 0.6 is 0 Å². The zero-order valence-electron chi connectivity index (χ0n) is 17.7. The molecule has 1 fully saturated rings. The van der Waals surface area contributed by atoms with Gasteiger partial charge in [0.2, 0.25) is 11.8 Å². The molecule has 2 amide bonds. The lowest BCUT2D eigenvalue weighted by atomic mass is 9.81. The number of aliphatic carboxylic acids is 1. The second-order valence-corrected chi connectivity index (χ2v) is 7.90. The Bertz CT molecular complexity index is 901. The Kier molecular flexibility index (Phi) is 7.09. The van der Waals surface area contributed by atoms with Gasteiger partial charge in [0.25, 0.3) is 0 Å². The first-order valence-corrected chi connectivity index (χ1v) is 10.5. The molecule has 0 aliphatic carbocycles. The minimum atomic E-state index is -1.55. The molecule has 2 heterocycles. The second kappa shape index (κ2) is 9.76. The number of rotatable bonds is 8. The molecule has 7 nitrogen and oxygen atoms in total. The van der Waals surface area contributed by atoms with E-state index in [1.165, 1.54) is 35.1 Å². The molecule has 1 unspecified atom stereocenters. The molecule has 2 aliphatic rings. The molecular weight excluding hydrogens is 401 g/mol. The van der Waals surface area contributed by atoms with E-state index in [0.29, 0.717) is 32.5 Å². The second-order valence-electron chi connectivity index (χ2n) is 7.90. The standard InChI is InChI=1S/C23H28FN3O4/c1-18(28)27(26-15-8-5-11-21(26)29)23(17-22(30)31,19-9-3-4-10-20(19)24)12-16-25-13-6-2-7-14-25/h2-4,6-7,9-10,13H,5,8,11-12,14-17H2,1H3,(H,30,31). The van der Waals surface area contributed by atoms with E-state index in [-0.39, 0.29) is 24.3 Å². The number of amides is 2. The number of nitrogens with zero attached hydrogens (tertiary/aromatic N) is 3. The maximum Gasteiger partial charge on any atom is 0.306 e. The minimum Gasteiger partial charge on any atom is -0.481 e. The van der Waals surface area contributed by atoms with Crippen LogP contribution in [0, 0.1) is 5.82 Å². The molecule has 1 atom stereocenters. The van der Waals surface area contributed by atoms with Gasteiger partial charge in [-0.05, 0) is 37.6 Å². The number of benzene rings is 1. The molecule has 1 N–H and O–H groups in total. The minimum absolute atomic E-state index is 0.0995. The number of allylic oxidation sites excluding steroid dienone is 2. The van der Waals surface area contributed by atoms with Crippen LogP contribution in [-0.2, 0) is 19.9 Å². The number of carboxylic acids is 1. The third-order valence-corrected chi connectivity index (χ3v) is 5.76. The van der Waals surface area contributed by atoms with Crippen LogP contribution in [0.25, 0.3) is 0 Å². The molecular formula is C23H28FN3O4. The van der Waals surface area contributed by atoms with Crippen molar-refractivity contribution in [1.29, 1.82) is 0 Å². The number of carboxylic acid groups (broad SMARTS) is 1. The highest BCUT2D eigenvalue weighted by Crippen LogP contribution is 2.40. The lowest BCUT2D eigenvalue weighted by molar-refractivity contribution is -0.186. The van der Waals surface area contributed by atoms with Gasteiger partial charge in [0.1, 0.15) is 11.4 Å². The zero-order chi connectivity index (χ0) is 22.4. The third-order valence-electron chi connectivity index (χ3n) is 5.76. The first-order chi connectivity index (χ1) is 14.8. The van der Waals surface area contributed by atoms with Crippen LogP contribution in [0.15, 0.2) is 48.7 Å². The molecule has 0 spiro atoms. The first-order valence-electron chi connectivity index (χ1n) is 10.5. The van der Waals surface area contributed by atoms with Crippen molar-refractivity contribution in [3.8, 4) is 0 Å². The summed E-state index contributed by atoms with van der Waals surface area (Å²) in [6.07, 6.45) is 8.88. The lowest BCUT2D eigenvalue weighted by Crippen LogP contribution is -2.62. The van der Waals surface area contributed by atoms with Crippen molar-refractivity contribution in [2.24, 2.45) is 0 Å². The largest absolute Gasteiger partial charge is 0.481 e. The van der Waals surface area contributed by atoms with Crippen LogP contribution in [0.2, 0.25) is 0 Å². The van der Waals surface area contributed by atoms with E-state index in [9.17, 15) is 19.5 Å². The molecule has 1 saturated heterocycles. The number of carbonyl (C=O) groups is 3. The molecule has 0 saturated carbocycles. The van der Waals surface area contributed by atoms with E-state index in [1.54, 1.807) is 6.07 Å². The third kappa shape index (κ3) is 4.95. The quantitative estimate of drug-likeness (QED) is 0.687. The molecule has 0 aromatic heterocycles. The summed E-state index contributed by atoms with van der Waals surface area (Å²) >= 11 is 0. The maximum atomic E-state index is 15.1. The maximum absolute atomic E-state index is 15.1. The van der Waals surface area contributed by atoms with Gasteiger partial charge in [-0.2, -0.15) is 0 Å². The molecule has 2 aliphatic heterocycles. The van der Waals surface area contributed by atoms with Crippen LogP contribution in [0.5, 0.6) is 0 Å². The summed E-state index contributed by atoms with van der Waals surface area (Å²) < 4.78 is 15.1. The van der Waals surface area contributed by atoms with Crippen molar-refractivity contribution in [3.05, 3.63) is 60.1 Å². The van der Waals surface area contributed by atoms with Gasteiger partial charge in [0.05, 0.1) is 6.42 Å². The Balaban J connectivity index is 2.12.